The summed E-state index contributed by atoms with van der Waals surface area (Å²) in [7, 11) is 0. The zero-order chi connectivity index (χ0) is 19.5. The summed E-state index contributed by atoms with van der Waals surface area (Å²) < 4.78 is 5.81. The van der Waals surface area contributed by atoms with E-state index in [1.54, 1.807) is 11.8 Å². The predicted octanol–water partition coefficient (Wildman–Crippen LogP) is 4.76. The number of thioether (sulfide) groups is 1. The molecule has 0 radical (unpaired) electrons. The minimum absolute atomic E-state index is 0.185. The number of carbonyl (C=O) groups is 1. The Labute approximate surface area is 174 Å². The van der Waals surface area contributed by atoms with Crippen molar-refractivity contribution in [1.82, 2.24) is 9.88 Å². The van der Waals surface area contributed by atoms with Crippen LogP contribution < -0.4 is 0 Å². The molecule has 0 aliphatic carbocycles. The quantitative estimate of drug-likeness (QED) is 0.616. The molecule has 4 rings (SSSR count). The van der Waals surface area contributed by atoms with Crippen LogP contribution in [0.15, 0.2) is 57.8 Å². The van der Waals surface area contributed by atoms with Crippen molar-refractivity contribution in [3.63, 3.8) is 0 Å². The number of oxazole rings is 1. The van der Waals surface area contributed by atoms with Crippen molar-refractivity contribution in [2.24, 2.45) is 0 Å². The number of fused-ring (bicyclic) bond motifs is 1. The fraction of sp³-hybridized carbons (Fsp3) is 0.273. The molecule has 1 aliphatic heterocycles. The largest absolute Gasteiger partial charge is 0.441 e. The Morgan fingerprint density at radius 3 is 2.71 bits per heavy atom. The third-order valence-corrected chi connectivity index (χ3v) is 6.18. The summed E-state index contributed by atoms with van der Waals surface area (Å²) in [4.78, 5) is 20.1. The van der Waals surface area contributed by atoms with Gasteiger partial charge < -0.3 is 9.32 Å². The number of nitrogens with zero attached hydrogens (tertiary/aromatic N) is 2. The SMILES string of the molecule is Cc1oc(-c2ccc(S)cc2)nc1CSCC(=O)N1CCc2ccccc2C1. The Kier molecular flexibility index (Phi) is 5.78. The number of benzene rings is 2. The lowest BCUT2D eigenvalue weighted by Crippen LogP contribution is -2.37. The van der Waals surface area contributed by atoms with Crippen LogP contribution in [0.1, 0.15) is 22.6 Å². The zero-order valence-electron chi connectivity index (χ0n) is 15.7. The number of amides is 1. The monoisotopic (exact) mass is 410 g/mol. The lowest BCUT2D eigenvalue weighted by Gasteiger charge is -2.28. The van der Waals surface area contributed by atoms with Gasteiger partial charge in [0.1, 0.15) is 5.76 Å². The summed E-state index contributed by atoms with van der Waals surface area (Å²) >= 11 is 5.89. The maximum Gasteiger partial charge on any atom is 0.232 e. The van der Waals surface area contributed by atoms with E-state index in [0.29, 0.717) is 23.9 Å². The second kappa shape index (κ2) is 8.45. The Hall–Kier alpha value is -2.18. The molecule has 1 amide bonds. The summed E-state index contributed by atoms with van der Waals surface area (Å²) in [5.41, 5.74) is 4.44. The molecule has 0 atom stereocenters. The molecule has 0 saturated heterocycles. The topological polar surface area (TPSA) is 46.3 Å². The maximum atomic E-state index is 12.6. The van der Waals surface area contributed by atoms with Gasteiger partial charge in [-0.25, -0.2) is 4.98 Å². The average molecular weight is 411 g/mol. The van der Waals surface area contributed by atoms with Gasteiger partial charge in [0, 0.05) is 29.3 Å². The number of carbonyl (C=O) groups excluding carboxylic acids is 1. The van der Waals surface area contributed by atoms with Gasteiger partial charge in [0.15, 0.2) is 0 Å². The van der Waals surface area contributed by atoms with Gasteiger partial charge in [-0.1, -0.05) is 24.3 Å². The highest BCUT2D eigenvalue weighted by Gasteiger charge is 2.20. The third-order valence-electron chi connectivity index (χ3n) is 4.95. The van der Waals surface area contributed by atoms with E-state index in [9.17, 15) is 4.79 Å². The van der Waals surface area contributed by atoms with Gasteiger partial charge in [-0.2, -0.15) is 0 Å². The summed E-state index contributed by atoms with van der Waals surface area (Å²) in [5.74, 6) is 2.72. The molecule has 0 saturated carbocycles. The van der Waals surface area contributed by atoms with Gasteiger partial charge in [0.25, 0.3) is 0 Å². The Bertz CT molecular complexity index is 982. The van der Waals surface area contributed by atoms with Crippen molar-refractivity contribution >= 4 is 30.3 Å². The van der Waals surface area contributed by atoms with E-state index in [2.05, 4.69) is 35.8 Å². The van der Waals surface area contributed by atoms with Crippen LogP contribution in [0.4, 0.5) is 0 Å². The van der Waals surface area contributed by atoms with Gasteiger partial charge >= 0.3 is 0 Å². The van der Waals surface area contributed by atoms with Crippen LogP contribution in [0.25, 0.3) is 11.5 Å². The van der Waals surface area contributed by atoms with E-state index in [4.69, 9.17) is 4.42 Å². The number of aryl methyl sites for hydroxylation is 1. The Balaban J connectivity index is 1.33. The predicted molar refractivity (Wildman–Crippen MR) is 116 cm³/mol. The first-order valence-electron chi connectivity index (χ1n) is 9.28. The fourth-order valence-electron chi connectivity index (χ4n) is 3.32. The van der Waals surface area contributed by atoms with Gasteiger partial charge in [-0.15, -0.1) is 24.4 Å². The normalized spacial score (nSPS) is 13.4. The second-order valence-electron chi connectivity index (χ2n) is 6.90. The summed E-state index contributed by atoms with van der Waals surface area (Å²) in [6.07, 6.45) is 0.934. The van der Waals surface area contributed by atoms with Crippen molar-refractivity contribution < 1.29 is 9.21 Å². The first kappa shape index (κ1) is 19.2. The van der Waals surface area contributed by atoms with E-state index in [1.165, 1.54) is 11.1 Å². The first-order valence-corrected chi connectivity index (χ1v) is 10.9. The van der Waals surface area contributed by atoms with Crippen LogP contribution in [0.3, 0.4) is 0 Å². The minimum atomic E-state index is 0.185. The molecule has 0 bridgehead atoms. The molecule has 2 aromatic carbocycles. The van der Waals surface area contributed by atoms with Crippen molar-refractivity contribution in [2.75, 3.05) is 12.3 Å². The molecular weight excluding hydrogens is 388 g/mol. The molecule has 0 unspecified atom stereocenters. The van der Waals surface area contributed by atoms with Crippen LogP contribution in [-0.4, -0.2) is 28.1 Å². The molecule has 3 aromatic rings. The van der Waals surface area contributed by atoms with Crippen LogP contribution in [-0.2, 0) is 23.5 Å². The van der Waals surface area contributed by atoms with Gasteiger partial charge in [0.2, 0.25) is 11.8 Å². The van der Waals surface area contributed by atoms with Crippen LogP contribution in [0.2, 0.25) is 0 Å². The smallest absolute Gasteiger partial charge is 0.232 e. The second-order valence-corrected chi connectivity index (χ2v) is 8.40. The minimum Gasteiger partial charge on any atom is -0.441 e. The standard InChI is InChI=1S/C22H22N2O2S2/c1-15-20(23-22(26-15)17-6-8-19(27)9-7-17)13-28-14-21(25)24-11-10-16-4-2-3-5-18(16)12-24/h2-9,27H,10-14H2,1H3. The molecule has 0 spiro atoms. The van der Waals surface area contributed by atoms with Crippen molar-refractivity contribution in [3.8, 4) is 11.5 Å². The van der Waals surface area contributed by atoms with Gasteiger partial charge in [-0.05, 0) is 48.7 Å². The molecular formula is C22H22N2O2S2. The summed E-state index contributed by atoms with van der Waals surface area (Å²) in [6.45, 7) is 3.43. The average Bonchev–Trinajstić information content (AvgIpc) is 3.08. The highest BCUT2D eigenvalue weighted by molar-refractivity contribution is 7.99. The molecule has 144 valence electrons. The molecule has 4 nitrogen and oxygen atoms in total. The van der Waals surface area contributed by atoms with Gasteiger partial charge in [0.05, 0.1) is 11.4 Å². The number of hydrogen-bond acceptors (Lipinski definition) is 5. The molecule has 1 aliphatic rings. The number of thiol groups is 1. The van der Waals surface area contributed by atoms with Crippen LogP contribution in [0, 0.1) is 6.92 Å². The van der Waals surface area contributed by atoms with Crippen LogP contribution >= 0.6 is 24.4 Å². The molecule has 0 N–H and O–H groups in total. The molecule has 1 aromatic heterocycles. The van der Waals surface area contributed by atoms with E-state index in [-0.39, 0.29) is 5.91 Å². The maximum absolute atomic E-state index is 12.6. The first-order chi connectivity index (χ1) is 13.6. The van der Waals surface area contributed by atoms with Crippen molar-refractivity contribution in [2.45, 2.75) is 30.5 Å². The summed E-state index contributed by atoms with van der Waals surface area (Å²) in [5, 5.41) is 0. The Morgan fingerprint density at radius 1 is 1.18 bits per heavy atom. The lowest BCUT2D eigenvalue weighted by molar-refractivity contribution is -0.129. The van der Waals surface area contributed by atoms with Crippen molar-refractivity contribution in [1.29, 1.82) is 0 Å². The van der Waals surface area contributed by atoms with E-state index in [1.807, 2.05) is 42.2 Å². The number of aromatic nitrogens is 1. The van der Waals surface area contributed by atoms with E-state index >= 15 is 0 Å². The van der Waals surface area contributed by atoms with Gasteiger partial charge in [-0.3, -0.25) is 4.79 Å². The lowest BCUT2D eigenvalue weighted by atomic mass is 10.00. The molecule has 2 heterocycles. The van der Waals surface area contributed by atoms with Crippen LogP contribution in [0.5, 0.6) is 0 Å². The highest BCUT2D eigenvalue weighted by Crippen LogP contribution is 2.26. The number of rotatable bonds is 5. The molecule has 0 fully saturated rings. The molecule has 28 heavy (non-hydrogen) atoms. The highest BCUT2D eigenvalue weighted by atomic mass is 32.2. The summed E-state index contributed by atoms with van der Waals surface area (Å²) in [6, 6.07) is 16.1. The van der Waals surface area contributed by atoms with Crippen molar-refractivity contribution in [3.05, 3.63) is 71.1 Å². The fourth-order valence-corrected chi connectivity index (χ4v) is 4.39. The zero-order valence-corrected chi connectivity index (χ0v) is 17.4. The Morgan fingerprint density at radius 2 is 1.93 bits per heavy atom. The number of hydrogen-bond donors (Lipinski definition) is 1. The molecule has 6 heteroatoms. The van der Waals surface area contributed by atoms with E-state index in [0.717, 1.165) is 34.9 Å². The van der Waals surface area contributed by atoms with E-state index < -0.39 is 0 Å². The third kappa shape index (κ3) is 4.28.